The standard InChI is InChI=1S/C77H147NO8/c1-6-8-10-12-14-16-18-20-22-24-26-28-30-31-32-33-34-35-36-37-38-39-40-41-42-43-44-46-47-49-51-53-55-57-59-61-63-65-67-74(79)84-71-73(72-85-77(76(81)82)83-70-69-78(3,4)5)86-75(80)68-66-64-62-60-58-56-54-52-50-48-45-29-27-25-23-21-19-17-15-13-11-9-7-2/h19,21,25,27,73,77H,6-18,20,22-24,26,28-72H2,1-5H3/p+1/b21-19-,27-25-. The van der Waals surface area contributed by atoms with E-state index in [-0.39, 0.29) is 38.2 Å². The molecule has 0 spiro atoms. The third kappa shape index (κ3) is 69.2. The second kappa shape index (κ2) is 68.7. The average molecular weight is 1220 g/mol. The summed E-state index contributed by atoms with van der Waals surface area (Å²) in [4.78, 5) is 37.6. The van der Waals surface area contributed by atoms with Crippen molar-refractivity contribution in [3.8, 4) is 0 Å². The molecule has 0 saturated heterocycles. The van der Waals surface area contributed by atoms with Gasteiger partial charge in [0, 0.05) is 12.8 Å². The van der Waals surface area contributed by atoms with Crippen LogP contribution in [0.4, 0.5) is 0 Å². The molecule has 1 N–H and O–H groups in total. The Bertz CT molecular complexity index is 1460. The summed E-state index contributed by atoms with van der Waals surface area (Å²) >= 11 is 0. The third-order valence-electron chi connectivity index (χ3n) is 17.5. The first kappa shape index (κ1) is 83.8. The number of quaternary nitrogens is 1. The van der Waals surface area contributed by atoms with Crippen LogP contribution in [-0.4, -0.2) is 87.4 Å². The molecule has 0 fully saturated rings. The summed E-state index contributed by atoms with van der Waals surface area (Å²) in [5.41, 5.74) is 0. The second-order valence-corrected chi connectivity index (χ2v) is 27.3. The maximum Gasteiger partial charge on any atom is 0.361 e. The van der Waals surface area contributed by atoms with Gasteiger partial charge in [0.2, 0.25) is 0 Å². The van der Waals surface area contributed by atoms with E-state index < -0.39 is 18.4 Å². The first-order chi connectivity index (χ1) is 42.1. The number of rotatable bonds is 72. The molecule has 0 aliphatic carbocycles. The number of allylic oxidation sites excluding steroid dienone is 4. The minimum atomic E-state index is -1.51. The van der Waals surface area contributed by atoms with Gasteiger partial charge in [-0.2, -0.15) is 0 Å². The number of carbonyl (C=O) groups is 3. The van der Waals surface area contributed by atoms with E-state index in [0.29, 0.717) is 17.4 Å². The molecule has 0 heterocycles. The van der Waals surface area contributed by atoms with Gasteiger partial charge in [0.05, 0.1) is 34.4 Å². The topological polar surface area (TPSA) is 108 Å². The highest BCUT2D eigenvalue weighted by Crippen LogP contribution is 2.20. The monoisotopic (exact) mass is 1220 g/mol. The van der Waals surface area contributed by atoms with Gasteiger partial charge in [-0.25, -0.2) is 4.79 Å². The molecule has 9 heteroatoms. The van der Waals surface area contributed by atoms with Crippen LogP contribution in [0.1, 0.15) is 393 Å². The minimum absolute atomic E-state index is 0.177. The van der Waals surface area contributed by atoms with Gasteiger partial charge < -0.3 is 28.5 Å². The van der Waals surface area contributed by atoms with Crippen LogP contribution in [0.3, 0.4) is 0 Å². The molecule has 0 amide bonds. The molecule has 0 rings (SSSR count). The Hall–Kier alpha value is -2.23. The van der Waals surface area contributed by atoms with Crippen LogP contribution in [0.25, 0.3) is 0 Å². The third-order valence-corrected chi connectivity index (χ3v) is 17.5. The van der Waals surface area contributed by atoms with Gasteiger partial charge in [-0.1, -0.05) is 359 Å². The summed E-state index contributed by atoms with van der Waals surface area (Å²) in [6.07, 6.45) is 83.3. The lowest BCUT2D eigenvalue weighted by Crippen LogP contribution is -2.40. The fourth-order valence-electron chi connectivity index (χ4n) is 11.6. The van der Waals surface area contributed by atoms with Gasteiger partial charge in [0.1, 0.15) is 13.2 Å². The van der Waals surface area contributed by atoms with Crippen LogP contribution in [0.5, 0.6) is 0 Å². The summed E-state index contributed by atoms with van der Waals surface area (Å²) < 4.78 is 23.0. The first-order valence-electron chi connectivity index (χ1n) is 38.0. The minimum Gasteiger partial charge on any atom is -0.477 e. The molecule has 0 radical (unpaired) electrons. The number of nitrogens with zero attached hydrogens (tertiary/aromatic N) is 1. The summed E-state index contributed by atoms with van der Waals surface area (Å²) in [5.74, 6) is -1.98. The van der Waals surface area contributed by atoms with Crippen molar-refractivity contribution >= 4 is 17.9 Å². The van der Waals surface area contributed by atoms with Gasteiger partial charge in [-0.05, 0) is 44.9 Å². The lowest BCUT2D eigenvalue weighted by atomic mass is 10.0. The van der Waals surface area contributed by atoms with Crippen LogP contribution < -0.4 is 0 Å². The summed E-state index contributed by atoms with van der Waals surface area (Å²) in [7, 11) is 5.99. The summed E-state index contributed by atoms with van der Waals surface area (Å²) in [6, 6.07) is 0. The lowest BCUT2D eigenvalue weighted by Gasteiger charge is -2.25. The van der Waals surface area contributed by atoms with Gasteiger partial charge in [0.15, 0.2) is 6.10 Å². The molecule has 9 nitrogen and oxygen atoms in total. The largest absolute Gasteiger partial charge is 0.477 e. The first-order valence-corrected chi connectivity index (χ1v) is 38.0. The Kier molecular flexibility index (Phi) is 66.9. The van der Waals surface area contributed by atoms with Crippen molar-refractivity contribution in [1.82, 2.24) is 0 Å². The molecule has 0 aromatic rings. The van der Waals surface area contributed by atoms with E-state index in [4.69, 9.17) is 18.9 Å². The average Bonchev–Trinajstić information content (AvgIpc) is 3.64. The van der Waals surface area contributed by atoms with Crippen molar-refractivity contribution in [2.45, 2.75) is 405 Å². The molecule has 0 saturated carbocycles. The number of carboxylic acids is 1. The van der Waals surface area contributed by atoms with E-state index in [1.807, 2.05) is 21.1 Å². The van der Waals surface area contributed by atoms with Crippen LogP contribution in [-0.2, 0) is 33.3 Å². The van der Waals surface area contributed by atoms with Crippen molar-refractivity contribution in [3.63, 3.8) is 0 Å². The molecule has 508 valence electrons. The molecule has 0 aliphatic rings. The highest BCUT2D eigenvalue weighted by molar-refractivity contribution is 5.71. The van der Waals surface area contributed by atoms with Gasteiger partial charge >= 0.3 is 17.9 Å². The number of hydrogen-bond acceptors (Lipinski definition) is 7. The molecule has 86 heavy (non-hydrogen) atoms. The molecular formula is C77H148NO8+. The Labute approximate surface area is 535 Å². The van der Waals surface area contributed by atoms with Crippen molar-refractivity contribution < 1.29 is 42.9 Å². The van der Waals surface area contributed by atoms with Crippen LogP contribution >= 0.6 is 0 Å². The summed E-state index contributed by atoms with van der Waals surface area (Å²) in [6.45, 7) is 4.94. The molecule has 0 bridgehead atoms. The lowest BCUT2D eigenvalue weighted by molar-refractivity contribution is -0.870. The van der Waals surface area contributed by atoms with E-state index in [0.717, 1.165) is 44.9 Å². The van der Waals surface area contributed by atoms with E-state index in [9.17, 15) is 19.5 Å². The Morgan fingerprint density at radius 2 is 0.628 bits per heavy atom. The number of hydrogen-bond donors (Lipinski definition) is 1. The summed E-state index contributed by atoms with van der Waals surface area (Å²) in [5, 5.41) is 9.75. The SMILES string of the molecule is CCCCCCC/C=C\C/C=C\CCCCCCCCCCCCCC(=O)OC(COC(=O)CCCCCCCCCCCCCCCCCCCCCCCCCCCCCCCCCCCCCCCC)COC(OCC[N+](C)(C)C)C(=O)O. The van der Waals surface area contributed by atoms with E-state index in [2.05, 4.69) is 38.2 Å². The highest BCUT2D eigenvalue weighted by atomic mass is 16.7. The maximum absolute atomic E-state index is 12.9. The van der Waals surface area contributed by atoms with Gasteiger partial charge in [0.25, 0.3) is 6.29 Å². The highest BCUT2D eigenvalue weighted by Gasteiger charge is 2.25. The number of unbranched alkanes of at least 4 members (excludes halogenated alkanes) is 53. The van der Waals surface area contributed by atoms with Gasteiger partial charge in [-0.15, -0.1) is 0 Å². The zero-order valence-electron chi connectivity index (χ0n) is 58.3. The van der Waals surface area contributed by atoms with Crippen molar-refractivity contribution in [1.29, 1.82) is 0 Å². The molecule has 0 aromatic carbocycles. The van der Waals surface area contributed by atoms with Crippen molar-refractivity contribution in [2.24, 2.45) is 0 Å². The molecular weight excluding hydrogens is 1070 g/mol. The maximum atomic E-state index is 12.9. The van der Waals surface area contributed by atoms with Crippen LogP contribution in [0, 0.1) is 0 Å². The Morgan fingerprint density at radius 3 is 0.919 bits per heavy atom. The Morgan fingerprint density at radius 1 is 0.349 bits per heavy atom. The predicted octanol–water partition coefficient (Wildman–Crippen LogP) is 23.8. The molecule has 2 atom stereocenters. The number of esters is 2. The van der Waals surface area contributed by atoms with Crippen molar-refractivity contribution in [3.05, 3.63) is 24.3 Å². The van der Waals surface area contributed by atoms with E-state index >= 15 is 0 Å². The van der Waals surface area contributed by atoms with Crippen LogP contribution in [0.2, 0.25) is 0 Å². The zero-order valence-corrected chi connectivity index (χ0v) is 58.3. The zero-order chi connectivity index (χ0) is 62.6. The van der Waals surface area contributed by atoms with Crippen LogP contribution in [0.15, 0.2) is 24.3 Å². The number of carboxylic acid groups (broad SMARTS) is 1. The number of ether oxygens (including phenoxy) is 4. The second-order valence-electron chi connectivity index (χ2n) is 27.3. The number of carbonyl (C=O) groups excluding carboxylic acids is 2. The normalized spacial score (nSPS) is 12.7. The van der Waals surface area contributed by atoms with Crippen molar-refractivity contribution in [2.75, 3.05) is 47.5 Å². The number of likely N-dealkylation sites (N-methyl/N-ethyl adjacent to an activating group) is 1. The molecule has 0 aliphatic heterocycles. The van der Waals surface area contributed by atoms with E-state index in [1.54, 1.807) is 0 Å². The fourth-order valence-corrected chi connectivity index (χ4v) is 11.6. The Balaban J connectivity index is 3.94. The number of aliphatic carboxylic acids is 1. The molecule has 0 aromatic heterocycles. The van der Waals surface area contributed by atoms with Gasteiger partial charge in [-0.3, -0.25) is 9.59 Å². The van der Waals surface area contributed by atoms with E-state index in [1.165, 1.54) is 321 Å². The predicted molar refractivity (Wildman–Crippen MR) is 369 cm³/mol. The molecule has 2 unspecified atom stereocenters. The quantitative estimate of drug-likeness (QED) is 0.0211. The smallest absolute Gasteiger partial charge is 0.361 e. The fraction of sp³-hybridized carbons (Fsp3) is 0.909.